The van der Waals surface area contributed by atoms with Crippen molar-refractivity contribution >= 4 is 33.0 Å². The van der Waals surface area contributed by atoms with E-state index >= 15 is 0 Å². The SMILES string of the molecule is Cc1nc(Cc2noc(-c3ccc(Br)c(N)c3)n2)cs1. The van der Waals surface area contributed by atoms with E-state index in [1.165, 1.54) is 0 Å². The highest BCUT2D eigenvalue weighted by Gasteiger charge is 2.11. The first-order valence-electron chi connectivity index (χ1n) is 5.91. The van der Waals surface area contributed by atoms with Crippen molar-refractivity contribution in [2.24, 2.45) is 0 Å². The molecule has 3 rings (SSSR count). The van der Waals surface area contributed by atoms with Crippen molar-refractivity contribution in [2.45, 2.75) is 13.3 Å². The number of hydrogen-bond donors (Lipinski definition) is 1. The molecule has 2 heterocycles. The Bertz CT molecular complexity index is 752. The lowest BCUT2D eigenvalue weighted by atomic mass is 10.2. The zero-order valence-corrected chi connectivity index (χ0v) is 13.0. The Balaban J connectivity index is 1.84. The second kappa shape index (κ2) is 5.34. The first-order chi connectivity index (χ1) is 9.61. The van der Waals surface area contributed by atoms with E-state index < -0.39 is 0 Å². The van der Waals surface area contributed by atoms with Gasteiger partial charge in [-0.25, -0.2) is 4.98 Å². The fraction of sp³-hybridized carbons (Fsp3) is 0.154. The van der Waals surface area contributed by atoms with Crippen molar-refractivity contribution in [3.63, 3.8) is 0 Å². The van der Waals surface area contributed by atoms with Crippen LogP contribution in [0, 0.1) is 6.92 Å². The molecule has 0 aliphatic heterocycles. The number of benzene rings is 1. The summed E-state index contributed by atoms with van der Waals surface area (Å²) in [5.74, 6) is 1.08. The molecule has 0 fully saturated rings. The number of anilines is 1. The number of nitrogens with zero attached hydrogens (tertiary/aromatic N) is 3. The predicted octanol–water partition coefficient (Wildman–Crippen LogP) is 3.44. The van der Waals surface area contributed by atoms with Crippen LogP contribution in [-0.4, -0.2) is 15.1 Å². The van der Waals surface area contributed by atoms with Gasteiger partial charge in [0.2, 0.25) is 0 Å². The largest absolute Gasteiger partial charge is 0.398 e. The fourth-order valence-electron chi connectivity index (χ4n) is 1.77. The second-order valence-corrected chi connectivity index (χ2v) is 6.20. The number of aromatic nitrogens is 3. The lowest BCUT2D eigenvalue weighted by Gasteiger charge is -1.99. The summed E-state index contributed by atoms with van der Waals surface area (Å²) in [5.41, 5.74) is 8.24. The van der Waals surface area contributed by atoms with Gasteiger partial charge in [-0.3, -0.25) is 0 Å². The summed E-state index contributed by atoms with van der Waals surface area (Å²) >= 11 is 4.97. The van der Waals surface area contributed by atoms with Gasteiger partial charge in [0.25, 0.3) is 5.89 Å². The standard InChI is InChI=1S/C13H11BrN4OS/c1-7-16-9(6-20-7)5-12-17-13(19-18-12)8-2-3-10(14)11(15)4-8/h2-4,6H,5,15H2,1H3. The van der Waals surface area contributed by atoms with Crippen molar-refractivity contribution in [3.8, 4) is 11.5 Å². The maximum Gasteiger partial charge on any atom is 0.258 e. The molecule has 3 aromatic rings. The van der Waals surface area contributed by atoms with Crippen LogP contribution in [0.2, 0.25) is 0 Å². The molecule has 0 amide bonds. The average Bonchev–Trinajstić information content (AvgIpc) is 3.03. The highest BCUT2D eigenvalue weighted by atomic mass is 79.9. The van der Waals surface area contributed by atoms with Gasteiger partial charge < -0.3 is 10.3 Å². The summed E-state index contributed by atoms with van der Waals surface area (Å²) in [4.78, 5) is 8.76. The number of halogens is 1. The van der Waals surface area contributed by atoms with Gasteiger partial charge in [0.15, 0.2) is 5.82 Å². The first-order valence-corrected chi connectivity index (χ1v) is 7.58. The van der Waals surface area contributed by atoms with Crippen LogP contribution >= 0.6 is 27.3 Å². The van der Waals surface area contributed by atoms with Crippen LogP contribution in [0.1, 0.15) is 16.5 Å². The molecule has 20 heavy (non-hydrogen) atoms. The van der Waals surface area contributed by atoms with Crippen LogP contribution in [0.4, 0.5) is 5.69 Å². The molecule has 0 atom stereocenters. The van der Waals surface area contributed by atoms with Gasteiger partial charge in [-0.05, 0) is 41.1 Å². The summed E-state index contributed by atoms with van der Waals surface area (Å²) in [6, 6.07) is 5.54. The van der Waals surface area contributed by atoms with E-state index in [-0.39, 0.29) is 0 Å². The number of hydrogen-bond acceptors (Lipinski definition) is 6. The van der Waals surface area contributed by atoms with Gasteiger partial charge in [-0.2, -0.15) is 4.98 Å². The Kier molecular flexibility index (Phi) is 3.54. The predicted molar refractivity (Wildman–Crippen MR) is 81.5 cm³/mol. The molecule has 0 aliphatic carbocycles. The summed E-state index contributed by atoms with van der Waals surface area (Å²) in [5, 5.41) is 7.01. The zero-order chi connectivity index (χ0) is 14.1. The number of thiazole rings is 1. The highest BCUT2D eigenvalue weighted by molar-refractivity contribution is 9.10. The third kappa shape index (κ3) is 2.73. The van der Waals surface area contributed by atoms with Crippen molar-refractivity contribution in [2.75, 3.05) is 5.73 Å². The molecular weight excluding hydrogens is 340 g/mol. The molecule has 102 valence electrons. The maximum absolute atomic E-state index is 5.85. The van der Waals surface area contributed by atoms with Crippen molar-refractivity contribution in [1.29, 1.82) is 0 Å². The van der Waals surface area contributed by atoms with Crippen molar-refractivity contribution < 1.29 is 4.52 Å². The molecule has 0 saturated carbocycles. The average molecular weight is 351 g/mol. The summed E-state index contributed by atoms with van der Waals surface area (Å²) < 4.78 is 6.11. The topological polar surface area (TPSA) is 77.8 Å². The number of aryl methyl sites for hydroxylation is 1. The lowest BCUT2D eigenvalue weighted by Crippen LogP contribution is -1.91. The number of nitrogens with two attached hydrogens (primary N) is 1. The molecular formula is C13H11BrN4OS. The van der Waals surface area contributed by atoms with Crippen LogP contribution < -0.4 is 5.73 Å². The van der Waals surface area contributed by atoms with E-state index in [0.29, 0.717) is 23.8 Å². The minimum absolute atomic E-state index is 0.464. The van der Waals surface area contributed by atoms with Crippen LogP contribution in [0.5, 0.6) is 0 Å². The molecule has 5 nitrogen and oxygen atoms in total. The van der Waals surface area contributed by atoms with Gasteiger partial charge in [0.05, 0.1) is 17.1 Å². The van der Waals surface area contributed by atoms with E-state index in [1.807, 2.05) is 24.4 Å². The second-order valence-electron chi connectivity index (χ2n) is 4.29. The van der Waals surface area contributed by atoms with Gasteiger partial charge in [-0.15, -0.1) is 11.3 Å². The molecule has 1 aromatic carbocycles. The normalized spacial score (nSPS) is 10.9. The Labute approximate surface area is 128 Å². The quantitative estimate of drug-likeness (QED) is 0.732. The third-order valence-corrected chi connectivity index (χ3v) is 4.26. The van der Waals surface area contributed by atoms with Gasteiger partial charge in [0.1, 0.15) is 0 Å². The summed E-state index contributed by atoms with van der Waals surface area (Å²) in [7, 11) is 0. The highest BCUT2D eigenvalue weighted by Crippen LogP contribution is 2.26. The molecule has 2 N–H and O–H groups in total. The smallest absolute Gasteiger partial charge is 0.258 e. The van der Waals surface area contributed by atoms with Crippen LogP contribution in [0.15, 0.2) is 32.6 Å². The van der Waals surface area contributed by atoms with Gasteiger partial charge in [-0.1, -0.05) is 5.16 Å². The molecule has 0 radical (unpaired) electrons. The summed E-state index contributed by atoms with van der Waals surface area (Å²) in [6.45, 7) is 1.97. The van der Waals surface area contributed by atoms with Crippen LogP contribution in [-0.2, 0) is 6.42 Å². The molecule has 0 saturated heterocycles. The minimum Gasteiger partial charge on any atom is -0.398 e. The Morgan fingerprint density at radius 2 is 2.20 bits per heavy atom. The molecule has 7 heteroatoms. The third-order valence-electron chi connectivity index (χ3n) is 2.72. The zero-order valence-electron chi connectivity index (χ0n) is 10.6. The Morgan fingerprint density at radius 3 is 2.90 bits per heavy atom. The number of nitrogen functional groups attached to an aromatic ring is 1. The van der Waals surface area contributed by atoms with Gasteiger partial charge in [0, 0.05) is 21.1 Å². The van der Waals surface area contributed by atoms with Crippen LogP contribution in [0.3, 0.4) is 0 Å². The molecule has 0 bridgehead atoms. The van der Waals surface area contributed by atoms with E-state index in [4.69, 9.17) is 10.3 Å². The fourth-order valence-corrected chi connectivity index (χ4v) is 2.63. The molecule has 0 spiro atoms. The summed E-state index contributed by atoms with van der Waals surface area (Å²) in [6.07, 6.45) is 0.569. The number of rotatable bonds is 3. The molecule has 0 unspecified atom stereocenters. The van der Waals surface area contributed by atoms with E-state index in [2.05, 4.69) is 31.1 Å². The van der Waals surface area contributed by atoms with Crippen LogP contribution in [0.25, 0.3) is 11.5 Å². The van der Waals surface area contributed by atoms with E-state index in [1.54, 1.807) is 17.4 Å². The monoisotopic (exact) mass is 350 g/mol. The molecule has 2 aromatic heterocycles. The van der Waals surface area contributed by atoms with E-state index in [0.717, 1.165) is 20.7 Å². The minimum atomic E-state index is 0.464. The Hall–Kier alpha value is -1.73. The lowest BCUT2D eigenvalue weighted by molar-refractivity contribution is 0.423. The first kappa shape index (κ1) is 13.3. The van der Waals surface area contributed by atoms with Crippen molar-refractivity contribution in [3.05, 3.63) is 44.6 Å². The maximum atomic E-state index is 5.85. The van der Waals surface area contributed by atoms with E-state index in [9.17, 15) is 0 Å². The van der Waals surface area contributed by atoms with Gasteiger partial charge >= 0.3 is 0 Å². The Morgan fingerprint density at radius 1 is 1.35 bits per heavy atom. The van der Waals surface area contributed by atoms with Crippen molar-refractivity contribution in [1.82, 2.24) is 15.1 Å². The molecule has 0 aliphatic rings.